The topological polar surface area (TPSA) is 49.7 Å². The Morgan fingerprint density at radius 1 is 1.50 bits per heavy atom. The summed E-state index contributed by atoms with van der Waals surface area (Å²) >= 11 is 0. The molecule has 1 fully saturated rings. The fraction of sp³-hybridized carbons (Fsp3) is 0.846. The van der Waals surface area contributed by atoms with Crippen molar-refractivity contribution in [1.29, 1.82) is 0 Å². The molecule has 0 spiro atoms. The Hall–Kier alpha value is -0.380. The molecule has 1 heterocycles. The molecular weight excluding hydrogens is 204 g/mol. The van der Waals surface area contributed by atoms with Gasteiger partial charge in [-0.15, -0.1) is 0 Å². The number of fused-ring (bicyclic) bond motifs is 2. The first kappa shape index (κ1) is 10.8. The van der Waals surface area contributed by atoms with Crippen molar-refractivity contribution >= 4 is 0 Å². The van der Waals surface area contributed by atoms with E-state index in [9.17, 15) is 10.2 Å². The van der Waals surface area contributed by atoms with Crippen LogP contribution in [0, 0.1) is 11.3 Å². The van der Waals surface area contributed by atoms with Gasteiger partial charge in [-0.25, -0.2) is 0 Å². The summed E-state index contributed by atoms with van der Waals surface area (Å²) in [5.74, 6) is 0.462. The van der Waals surface area contributed by atoms with Crippen LogP contribution in [0.25, 0.3) is 0 Å². The Morgan fingerprint density at radius 3 is 3.06 bits per heavy atom. The molecule has 0 amide bonds. The molecule has 3 nitrogen and oxygen atoms in total. The van der Waals surface area contributed by atoms with E-state index in [0.717, 1.165) is 25.7 Å². The van der Waals surface area contributed by atoms with Gasteiger partial charge in [-0.2, -0.15) is 0 Å². The van der Waals surface area contributed by atoms with Gasteiger partial charge >= 0.3 is 0 Å². The van der Waals surface area contributed by atoms with Crippen LogP contribution in [0.4, 0.5) is 0 Å². The van der Waals surface area contributed by atoms with Crippen molar-refractivity contribution in [2.45, 2.75) is 51.4 Å². The van der Waals surface area contributed by atoms with Gasteiger partial charge in [0.05, 0.1) is 12.7 Å². The van der Waals surface area contributed by atoms with Gasteiger partial charge < -0.3 is 14.9 Å². The third-order valence-electron chi connectivity index (χ3n) is 4.62. The van der Waals surface area contributed by atoms with Gasteiger partial charge in [0, 0.05) is 11.8 Å². The van der Waals surface area contributed by atoms with Gasteiger partial charge in [0.2, 0.25) is 0 Å². The maximum atomic E-state index is 9.63. The minimum absolute atomic E-state index is 0.0856. The van der Waals surface area contributed by atoms with E-state index in [4.69, 9.17) is 4.74 Å². The van der Waals surface area contributed by atoms with Gasteiger partial charge in [0.25, 0.3) is 0 Å². The summed E-state index contributed by atoms with van der Waals surface area (Å²) in [6.07, 6.45) is 4.72. The molecule has 2 N–H and O–H groups in total. The standard InChI is InChI=1S/C13H20O3/c1-13(7-14)4-2-3-8-5-9-6-10(15)16-12(9)11(8)13/h9-10,12,14-15H,2-7H2,1H3/t9-,10?,12+,13+/m0/s1. The molecule has 1 unspecified atom stereocenters. The monoisotopic (exact) mass is 224 g/mol. The molecular formula is C13H20O3. The predicted molar refractivity (Wildman–Crippen MR) is 59.7 cm³/mol. The van der Waals surface area contributed by atoms with Crippen LogP contribution in [0.5, 0.6) is 0 Å². The Labute approximate surface area is 96.1 Å². The molecule has 4 atom stereocenters. The zero-order chi connectivity index (χ0) is 11.3. The van der Waals surface area contributed by atoms with Gasteiger partial charge in [-0.1, -0.05) is 12.5 Å². The summed E-state index contributed by atoms with van der Waals surface area (Å²) < 4.78 is 5.64. The first-order valence-corrected chi connectivity index (χ1v) is 6.31. The van der Waals surface area contributed by atoms with E-state index >= 15 is 0 Å². The van der Waals surface area contributed by atoms with Crippen molar-refractivity contribution < 1.29 is 14.9 Å². The highest BCUT2D eigenvalue weighted by molar-refractivity contribution is 5.35. The molecule has 0 radical (unpaired) electrons. The largest absolute Gasteiger partial charge is 0.395 e. The molecule has 0 aromatic rings. The van der Waals surface area contributed by atoms with Crippen molar-refractivity contribution in [3.05, 3.63) is 11.1 Å². The lowest BCUT2D eigenvalue weighted by molar-refractivity contribution is -0.0866. The van der Waals surface area contributed by atoms with Crippen LogP contribution in [-0.2, 0) is 4.74 Å². The number of aliphatic hydroxyl groups is 2. The highest BCUT2D eigenvalue weighted by Crippen LogP contribution is 2.53. The molecule has 0 bridgehead atoms. The highest BCUT2D eigenvalue weighted by Gasteiger charge is 2.49. The third kappa shape index (κ3) is 1.38. The maximum Gasteiger partial charge on any atom is 0.155 e. The molecule has 0 saturated carbocycles. The van der Waals surface area contributed by atoms with Crippen molar-refractivity contribution in [3.8, 4) is 0 Å². The number of allylic oxidation sites excluding steroid dienone is 1. The smallest absolute Gasteiger partial charge is 0.155 e. The van der Waals surface area contributed by atoms with Crippen LogP contribution >= 0.6 is 0 Å². The molecule has 3 heteroatoms. The Kier molecular flexibility index (Phi) is 2.39. The lowest BCUT2D eigenvalue weighted by atomic mass is 9.71. The van der Waals surface area contributed by atoms with Crippen molar-refractivity contribution in [2.24, 2.45) is 11.3 Å². The lowest BCUT2D eigenvalue weighted by Crippen LogP contribution is -2.33. The summed E-state index contributed by atoms with van der Waals surface area (Å²) in [7, 11) is 0. The van der Waals surface area contributed by atoms with E-state index in [0.29, 0.717) is 5.92 Å². The number of rotatable bonds is 1. The zero-order valence-corrected chi connectivity index (χ0v) is 9.78. The molecule has 16 heavy (non-hydrogen) atoms. The van der Waals surface area contributed by atoms with E-state index in [1.54, 1.807) is 0 Å². The predicted octanol–water partition coefficient (Wildman–Crippen LogP) is 1.59. The SMILES string of the molecule is C[C@]1(CO)CCCC2=C1[C@@H]1OC(O)C[C@@H]1C2. The average molecular weight is 224 g/mol. The van der Waals surface area contributed by atoms with Gasteiger partial charge in [0.1, 0.15) is 0 Å². The Morgan fingerprint density at radius 2 is 2.31 bits per heavy atom. The summed E-state index contributed by atoms with van der Waals surface area (Å²) in [6, 6.07) is 0. The maximum absolute atomic E-state index is 9.63. The van der Waals surface area contributed by atoms with Crippen molar-refractivity contribution in [3.63, 3.8) is 0 Å². The molecule has 0 aromatic heterocycles. The van der Waals surface area contributed by atoms with E-state index in [1.807, 2.05) is 0 Å². The Balaban J connectivity index is 1.96. The molecule has 1 aliphatic heterocycles. The quantitative estimate of drug-likeness (QED) is 0.665. The van der Waals surface area contributed by atoms with Gasteiger partial charge in [0.15, 0.2) is 6.29 Å². The number of hydrogen-bond donors (Lipinski definition) is 2. The second-order valence-electron chi connectivity index (χ2n) is 5.80. The Bertz CT molecular complexity index is 336. The molecule has 2 aliphatic carbocycles. The summed E-state index contributed by atoms with van der Waals surface area (Å²) in [5.41, 5.74) is 2.73. The van der Waals surface area contributed by atoms with Crippen LogP contribution in [0.15, 0.2) is 11.1 Å². The summed E-state index contributed by atoms with van der Waals surface area (Å²) in [4.78, 5) is 0. The average Bonchev–Trinajstić information content (AvgIpc) is 2.74. The normalized spacial score (nSPS) is 47.1. The fourth-order valence-corrected chi connectivity index (χ4v) is 3.84. The highest BCUT2D eigenvalue weighted by atomic mass is 16.6. The van der Waals surface area contributed by atoms with Crippen LogP contribution in [0.1, 0.15) is 39.0 Å². The number of hydrogen-bond acceptors (Lipinski definition) is 3. The third-order valence-corrected chi connectivity index (χ3v) is 4.62. The second kappa shape index (κ2) is 3.56. The minimum Gasteiger partial charge on any atom is -0.395 e. The van der Waals surface area contributed by atoms with Crippen LogP contribution in [-0.4, -0.2) is 29.2 Å². The first-order chi connectivity index (χ1) is 7.64. The van der Waals surface area contributed by atoms with Gasteiger partial charge in [-0.05, 0) is 37.2 Å². The van der Waals surface area contributed by atoms with E-state index < -0.39 is 6.29 Å². The van der Waals surface area contributed by atoms with E-state index in [1.165, 1.54) is 17.6 Å². The number of ether oxygens (including phenoxy) is 1. The summed E-state index contributed by atoms with van der Waals surface area (Å²) in [6.45, 7) is 2.34. The molecule has 1 saturated heterocycles. The first-order valence-electron chi connectivity index (χ1n) is 6.31. The van der Waals surface area contributed by atoms with E-state index in [-0.39, 0.29) is 18.1 Å². The van der Waals surface area contributed by atoms with Crippen molar-refractivity contribution in [1.82, 2.24) is 0 Å². The van der Waals surface area contributed by atoms with Crippen LogP contribution < -0.4 is 0 Å². The summed E-state index contributed by atoms with van der Waals surface area (Å²) in [5, 5.41) is 19.2. The van der Waals surface area contributed by atoms with Crippen molar-refractivity contribution in [2.75, 3.05) is 6.61 Å². The molecule has 3 rings (SSSR count). The molecule has 90 valence electrons. The second-order valence-corrected chi connectivity index (χ2v) is 5.80. The molecule has 3 aliphatic rings. The van der Waals surface area contributed by atoms with Crippen LogP contribution in [0.2, 0.25) is 0 Å². The van der Waals surface area contributed by atoms with Gasteiger partial charge in [-0.3, -0.25) is 0 Å². The zero-order valence-electron chi connectivity index (χ0n) is 9.78. The van der Waals surface area contributed by atoms with Crippen LogP contribution in [0.3, 0.4) is 0 Å². The number of aliphatic hydroxyl groups excluding tert-OH is 2. The lowest BCUT2D eigenvalue weighted by Gasteiger charge is -2.36. The fourth-order valence-electron chi connectivity index (χ4n) is 3.84. The van der Waals surface area contributed by atoms with E-state index in [2.05, 4.69) is 6.92 Å². The minimum atomic E-state index is -0.589. The molecule has 0 aromatic carbocycles.